The van der Waals surface area contributed by atoms with Gasteiger partial charge in [-0.2, -0.15) is 0 Å². The van der Waals surface area contributed by atoms with Gasteiger partial charge >= 0.3 is 0 Å². The van der Waals surface area contributed by atoms with Gasteiger partial charge in [-0.15, -0.1) is 0 Å². The van der Waals surface area contributed by atoms with Gasteiger partial charge in [-0.3, -0.25) is 4.90 Å². The maximum atomic E-state index is 10.2. The van der Waals surface area contributed by atoms with Crippen molar-refractivity contribution in [3.8, 4) is 11.5 Å². The minimum Gasteiger partial charge on any atom is -0.490 e. The summed E-state index contributed by atoms with van der Waals surface area (Å²) < 4.78 is 11.3. The molecule has 1 aromatic carbocycles. The second kappa shape index (κ2) is 7.29. The third-order valence-electron chi connectivity index (χ3n) is 4.92. The summed E-state index contributed by atoms with van der Waals surface area (Å²) in [6.45, 7) is 7.81. The Balaban J connectivity index is 1.75. The van der Waals surface area contributed by atoms with Crippen LogP contribution in [0.15, 0.2) is 12.1 Å². The van der Waals surface area contributed by atoms with Gasteiger partial charge in [-0.1, -0.05) is 11.6 Å². The first-order chi connectivity index (χ1) is 11.1. The van der Waals surface area contributed by atoms with Crippen LogP contribution in [0.25, 0.3) is 0 Å². The molecular weight excluding hydrogens is 314 g/mol. The third-order valence-corrected chi connectivity index (χ3v) is 5.20. The Labute approximate surface area is 143 Å². The number of rotatable bonds is 6. The first-order valence-electron chi connectivity index (χ1n) is 8.60. The number of ether oxygens (including phenoxy) is 2. The van der Waals surface area contributed by atoms with Gasteiger partial charge in [0, 0.05) is 19.6 Å². The number of nitrogens with zero attached hydrogens (tertiary/aromatic N) is 1. The number of hydrogen-bond donors (Lipinski definition) is 1. The average molecular weight is 340 g/mol. The summed E-state index contributed by atoms with van der Waals surface area (Å²) in [6, 6.07) is 4.01. The monoisotopic (exact) mass is 339 g/mol. The minimum atomic E-state index is -0.103. The van der Waals surface area contributed by atoms with Crippen LogP contribution in [-0.2, 0) is 6.54 Å². The normalized spacial score (nSPS) is 27.2. The highest BCUT2D eigenvalue weighted by molar-refractivity contribution is 6.32. The number of aliphatic hydroxyl groups is 1. The molecule has 0 spiro atoms. The summed E-state index contributed by atoms with van der Waals surface area (Å²) in [5, 5.41) is 10.8. The Hall–Kier alpha value is -0.970. The van der Waals surface area contributed by atoms with Crippen molar-refractivity contribution in [1.29, 1.82) is 0 Å². The lowest BCUT2D eigenvalue weighted by molar-refractivity contribution is 0.0138. The number of aliphatic hydroxyl groups excluding tert-OH is 1. The van der Waals surface area contributed by atoms with Crippen molar-refractivity contribution in [2.24, 2.45) is 11.8 Å². The molecule has 3 rings (SSSR count). The first-order valence-corrected chi connectivity index (χ1v) is 8.98. The number of fused-ring (bicyclic) bond motifs is 2. The van der Waals surface area contributed by atoms with Gasteiger partial charge in [0.25, 0.3) is 0 Å². The molecule has 1 aromatic rings. The van der Waals surface area contributed by atoms with Crippen LogP contribution in [0.5, 0.6) is 11.5 Å². The molecule has 2 bridgehead atoms. The van der Waals surface area contributed by atoms with Crippen LogP contribution in [0, 0.1) is 11.8 Å². The fourth-order valence-corrected chi connectivity index (χ4v) is 4.23. The van der Waals surface area contributed by atoms with E-state index < -0.39 is 0 Å². The molecule has 1 N–H and O–H groups in total. The Morgan fingerprint density at radius 3 is 2.39 bits per heavy atom. The number of halogens is 1. The summed E-state index contributed by atoms with van der Waals surface area (Å²) in [5.74, 6) is 2.21. The molecule has 0 amide bonds. The number of piperidine rings is 1. The molecule has 0 aromatic heterocycles. The molecule has 5 heteroatoms. The van der Waals surface area contributed by atoms with E-state index >= 15 is 0 Å². The van der Waals surface area contributed by atoms with Gasteiger partial charge in [-0.05, 0) is 56.2 Å². The Kier molecular flexibility index (Phi) is 5.34. The van der Waals surface area contributed by atoms with Crippen LogP contribution in [0.2, 0.25) is 5.02 Å². The predicted octanol–water partition coefficient (Wildman–Crippen LogP) is 3.34. The standard InChI is InChI=1S/C18H26ClNO3/c1-3-22-16-8-12(7-15(19)18(16)23-4-2)9-20-10-13-5-6-14(11-20)17(13)21/h7-8,13-14,17,21H,3-6,9-11H2,1-2H3/t13-,14+,17?. The fourth-order valence-electron chi connectivity index (χ4n) is 3.94. The van der Waals surface area contributed by atoms with Gasteiger partial charge in [-0.25, -0.2) is 0 Å². The molecule has 1 heterocycles. The lowest BCUT2D eigenvalue weighted by Crippen LogP contribution is -2.44. The van der Waals surface area contributed by atoms with E-state index in [1.165, 1.54) is 0 Å². The van der Waals surface area contributed by atoms with Crippen LogP contribution in [-0.4, -0.2) is 42.4 Å². The predicted molar refractivity (Wildman–Crippen MR) is 91.3 cm³/mol. The second-order valence-corrected chi connectivity index (χ2v) is 6.96. The van der Waals surface area contributed by atoms with E-state index in [1.807, 2.05) is 26.0 Å². The highest BCUT2D eigenvalue weighted by atomic mass is 35.5. The van der Waals surface area contributed by atoms with Crippen molar-refractivity contribution < 1.29 is 14.6 Å². The van der Waals surface area contributed by atoms with Crippen LogP contribution >= 0.6 is 11.6 Å². The van der Waals surface area contributed by atoms with E-state index in [0.29, 0.717) is 35.8 Å². The van der Waals surface area contributed by atoms with Crippen molar-refractivity contribution in [3.63, 3.8) is 0 Å². The fraction of sp³-hybridized carbons (Fsp3) is 0.667. The van der Waals surface area contributed by atoms with E-state index in [4.69, 9.17) is 21.1 Å². The van der Waals surface area contributed by atoms with Gasteiger partial charge in [0.15, 0.2) is 11.5 Å². The quantitative estimate of drug-likeness (QED) is 0.863. The number of benzene rings is 1. The summed E-state index contributed by atoms with van der Waals surface area (Å²) in [4.78, 5) is 2.43. The number of likely N-dealkylation sites (tertiary alicyclic amines) is 1. The summed E-state index contributed by atoms with van der Waals surface area (Å²) in [7, 11) is 0. The molecule has 2 fully saturated rings. The van der Waals surface area contributed by atoms with Crippen molar-refractivity contribution in [2.45, 2.75) is 39.3 Å². The van der Waals surface area contributed by atoms with Crippen LogP contribution in [0.4, 0.5) is 0 Å². The molecule has 0 radical (unpaired) electrons. The highest BCUT2D eigenvalue weighted by Gasteiger charge is 2.40. The molecule has 2 aliphatic rings. The number of hydrogen-bond acceptors (Lipinski definition) is 4. The van der Waals surface area contributed by atoms with Gasteiger partial charge in [0.05, 0.1) is 24.3 Å². The molecule has 1 aliphatic carbocycles. The molecular formula is C18H26ClNO3. The van der Waals surface area contributed by atoms with E-state index in [9.17, 15) is 5.11 Å². The average Bonchev–Trinajstić information content (AvgIpc) is 2.73. The summed E-state index contributed by atoms with van der Waals surface area (Å²) in [6.07, 6.45) is 2.20. The van der Waals surface area contributed by atoms with Gasteiger partial charge < -0.3 is 14.6 Å². The zero-order valence-corrected chi connectivity index (χ0v) is 14.7. The maximum absolute atomic E-state index is 10.2. The molecule has 1 saturated carbocycles. The Morgan fingerprint density at radius 2 is 1.78 bits per heavy atom. The van der Waals surface area contributed by atoms with E-state index in [-0.39, 0.29) is 6.10 Å². The van der Waals surface area contributed by atoms with Crippen LogP contribution in [0.1, 0.15) is 32.3 Å². The molecule has 1 aliphatic heterocycles. The van der Waals surface area contributed by atoms with Crippen LogP contribution in [0.3, 0.4) is 0 Å². The Morgan fingerprint density at radius 1 is 1.13 bits per heavy atom. The van der Waals surface area contributed by atoms with Crippen LogP contribution < -0.4 is 9.47 Å². The first kappa shape index (κ1) is 16.9. The lowest BCUT2D eigenvalue weighted by Gasteiger charge is -2.35. The molecule has 4 nitrogen and oxygen atoms in total. The SMILES string of the molecule is CCOc1cc(CN2C[C@H]3CC[C@@H](C2)C3O)cc(Cl)c1OCC. The van der Waals surface area contributed by atoms with Crippen molar-refractivity contribution in [1.82, 2.24) is 4.90 Å². The lowest BCUT2D eigenvalue weighted by atomic mass is 9.95. The molecule has 1 unspecified atom stereocenters. The van der Waals surface area contributed by atoms with E-state index in [0.717, 1.165) is 43.8 Å². The second-order valence-electron chi connectivity index (χ2n) is 6.55. The van der Waals surface area contributed by atoms with Crippen molar-refractivity contribution >= 4 is 11.6 Å². The van der Waals surface area contributed by atoms with E-state index in [2.05, 4.69) is 4.90 Å². The smallest absolute Gasteiger partial charge is 0.179 e. The summed E-state index contributed by atoms with van der Waals surface area (Å²) >= 11 is 6.40. The van der Waals surface area contributed by atoms with Crippen molar-refractivity contribution in [3.05, 3.63) is 22.7 Å². The zero-order valence-electron chi connectivity index (χ0n) is 13.9. The topological polar surface area (TPSA) is 41.9 Å². The zero-order chi connectivity index (χ0) is 16.4. The van der Waals surface area contributed by atoms with Crippen molar-refractivity contribution in [2.75, 3.05) is 26.3 Å². The van der Waals surface area contributed by atoms with Gasteiger partial charge in [0.1, 0.15) is 0 Å². The highest BCUT2D eigenvalue weighted by Crippen LogP contribution is 2.39. The molecule has 23 heavy (non-hydrogen) atoms. The molecule has 1 saturated heterocycles. The van der Waals surface area contributed by atoms with Gasteiger partial charge in [0.2, 0.25) is 0 Å². The minimum absolute atomic E-state index is 0.103. The largest absolute Gasteiger partial charge is 0.490 e. The molecule has 128 valence electrons. The Bertz CT molecular complexity index is 537. The summed E-state index contributed by atoms with van der Waals surface area (Å²) in [5.41, 5.74) is 1.14. The third kappa shape index (κ3) is 3.59. The van der Waals surface area contributed by atoms with E-state index in [1.54, 1.807) is 0 Å². The maximum Gasteiger partial charge on any atom is 0.179 e. The molecule has 3 atom stereocenters.